The van der Waals surface area contributed by atoms with Crippen LogP contribution >= 0.6 is 0 Å². The summed E-state index contributed by atoms with van der Waals surface area (Å²) in [6.07, 6.45) is 0.847. The highest BCUT2D eigenvalue weighted by atomic mass is 16.5. The molecule has 1 saturated heterocycles. The number of nitrogens with one attached hydrogen (secondary N) is 2. The Hall–Kier alpha value is -4.24. The molecule has 0 spiro atoms. The second-order valence-corrected chi connectivity index (χ2v) is 9.97. The first-order valence-electron chi connectivity index (χ1n) is 13.5. The Labute approximate surface area is 236 Å². The lowest BCUT2D eigenvalue weighted by atomic mass is 10.1. The average molecular weight is 546 g/mol. The molecule has 3 aromatic carbocycles. The first kappa shape index (κ1) is 28.8. The molecule has 4 rings (SSSR count). The van der Waals surface area contributed by atoms with Crippen molar-refractivity contribution in [2.75, 3.05) is 82.7 Å². The van der Waals surface area contributed by atoms with Crippen LogP contribution in [-0.2, 0) is 0 Å². The van der Waals surface area contributed by atoms with Gasteiger partial charge in [-0.05, 0) is 81.7 Å². The standard InChI is InChI=1S/C31H39N5O4/c1-34(2)17-7-16-32-31(38)26-22-24(33-30(37)23-10-13-25(39-3)14-11-23)12-15-27(26)35-18-20-36(21-19-35)28-8-5-6-9-29(28)40-4/h5-6,8-15,22H,7,16-21H2,1-4H3,(H,32,38)(H,33,37). The van der Waals surface area contributed by atoms with Crippen molar-refractivity contribution in [1.82, 2.24) is 10.2 Å². The molecule has 1 aliphatic heterocycles. The molecule has 212 valence electrons. The molecule has 2 amide bonds. The van der Waals surface area contributed by atoms with Crippen LogP contribution in [0.3, 0.4) is 0 Å². The summed E-state index contributed by atoms with van der Waals surface area (Å²) in [4.78, 5) is 32.9. The lowest BCUT2D eigenvalue weighted by Crippen LogP contribution is -2.47. The van der Waals surface area contributed by atoms with Gasteiger partial charge in [-0.25, -0.2) is 0 Å². The minimum absolute atomic E-state index is 0.151. The number of benzene rings is 3. The zero-order valence-electron chi connectivity index (χ0n) is 23.8. The van der Waals surface area contributed by atoms with Crippen LogP contribution in [-0.4, -0.2) is 84.3 Å². The molecule has 0 bridgehead atoms. The highest BCUT2D eigenvalue weighted by molar-refractivity contribution is 6.06. The number of carbonyl (C=O) groups excluding carboxylic acids is 2. The summed E-state index contributed by atoms with van der Waals surface area (Å²) < 4.78 is 10.7. The Balaban J connectivity index is 1.51. The number of ether oxygens (including phenoxy) is 2. The average Bonchev–Trinajstić information content (AvgIpc) is 2.99. The summed E-state index contributed by atoms with van der Waals surface area (Å²) >= 11 is 0. The number of nitrogens with zero attached hydrogens (tertiary/aromatic N) is 3. The zero-order chi connectivity index (χ0) is 28.5. The van der Waals surface area contributed by atoms with E-state index in [-0.39, 0.29) is 11.8 Å². The maximum Gasteiger partial charge on any atom is 0.255 e. The molecule has 0 radical (unpaired) electrons. The van der Waals surface area contributed by atoms with E-state index < -0.39 is 0 Å². The highest BCUT2D eigenvalue weighted by Gasteiger charge is 2.24. The Morgan fingerprint density at radius 3 is 2.15 bits per heavy atom. The molecule has 1 heterocycles. The number of methoxy groups -OCH3 is 2. The van der Waals surface area contributed by atoms with Crippen molar-refractivity contribution in [2.24, 2.45) is 0 Å². The van der Waals surface area contributed by atoms with Crippen molar-refractivity contribution in [2.45, 2.75) is 6.42 Å². The van der Waals surface area contributed by atoms with Crippen LogP contribution in [0.1, 0.15) is 27.1 Å². The van der Waals surface area contributed by atoms with Crippen molar-refractivity contribution in [3.05, 3.63) is 77.9 Å². The maximum atomic E-state index is 13.4. The zero-order valence-corrected chi connectivity index (χ0v) is 23.8. The Morgan fingerprint density at radius 1 is 0.825 bits per heavy atom. The topological polar surface area (TPSA) is 86.4 Å². The molecule has 9 heteroatoms. The van der Waals surface area contributed by atoms with Gasteiger partial charge in [-0.2, -0.15) is 0 Å². The predicted molar refractivity (Wildman–Crippen MR) is 160 cm³/mol. The lowest BCUT2D eigenvalue weighted by molar-refractivity contribution is 0.0951. The summed E-state index contributed by atoms with van der Waals surface area (Å²) in [5, 5.41) is 6.00. The van der Waals surface area contributed by atoms with Gasteiger partial charge in [-0.3, -0.25) is 9.59 Å². The summed E-state index contributed by atoms with van der Waals surface area (Å²) in [5.41, 5.74) is 3.54. The van der Waals surface area contributed by atoms with Crippen LogP contribution in [0, 0.1) is 0 Å². The smallest absolute Gasteiger partial charge is 0.255 e. The van der Waals surface area contributed by atoms with Crippen LogP contribution < -0.4 is 29.9 Å². The summed E-state index contributed by atoms with van der Waals surface area (Å²) in [6.45, 7) is 4.53. The molecule has 0 saturated carbocycles. The van der Waals surface area contributed by atoms with E-state index in [0.717, 1.165) is 56.3 Å². The van der Waals surface area contributed by atoms with Gasteiger partial charge in [0, 0.05) is 49.7 Å². The van der Waals surface area contributed by atoms with E-state index in [1.807, 2.05) is 44.4 Å². The third kappa shape index (κ3) is 7.24. The predicted octanol–water partition coefficient (Wildman–Crippen LogP) is 3.96. The summed E-state index contributed by atoms with van der Waals surface area (Å²) in [6, 6.07) is 20.5. The third-order valence-corrected chi connectivity index (χ3v) is 6.97. The van der Waals surface area contributed by atoms with E-state index in [4.69, 9.17) is 9.47 Å². The van der Waals surface area contributed by atoms with Gasteiger partial charge >= 0.3 is 0 Å². The summed E-state index contributed by atoms with van der Waals surface area (Å²) in [7, 11) is 7.30. The van der Waals surface area contributed by atoms with E-state index >= 15 is 0 Å². The van der Waals surface area contributed by atoms with Crippen molar-refractivity contribution >= 4 is 28.9 Å². The van der Waals surface area contributed by atoms with Crippen molar-refractivity contribution < 1.29 is 19.1 Å². The molecule has 9 nitrogen and oxygen atoms in total. The van der Waals surface area contributed by atoms with Gasteiger partial charge < -0.3 is 34.8 Å². The molecule has 0 unspecified atom stereocenters. The number of carbonyl (C=O) groups is 2. The fourth-order valence-electron chi connectivity index (χ4n) is 4.79. The van der Waals surface area contributed by atoms with Crippen molar-refractivity contribution in [1.29, 1.82) is 0 Å². The Morgan fingerprint density at radius 2 is 1.50 bits per heavy atom. The number of piperazine rings is 1. The van der Waals surface area contributed by atoms with Crippen LogP contribution in [0.25, 0.3) is 0 Å². The molecule has 1 fully saturated rings. The largest absolute Gasteiger partial charge is 0.497 e. The van der Waals surface area contributed by atoms with Gasteiger partial charge in [0.25, 0.3) is 11.8 Å². The first-order chi connectivity index (χ1) is 19.4. The fraction of sp³-hybridized carbons (Fsp3) is 0.355. The monoisotopic (exact) mass is 545 g/mol. The molecule has 0 aliphatic carbocycles. The van der Waals surface area contributed by atoms with E-state index in [2.05, 4.69) is 31.4 Å². The minimum Gasteiger partial charge on any atom is -0.497 e. The number of para-hydroxylation sites is 2. The van der Waals surface area contributed by atoms with Crippen molar-refractivity contribution in [3.63, 3.8) is 0 Å². The minimum atomic E-state index is -0.252. The molecular formula is C31H39N5O4. The SMILES string of the molecule is COc1ccc(C(=O)Nc2ccc(N3CCN(c4ccccc4OC)CC3)c(C(=O)NCCCN(C)C)c2)cc1. The van der Waals surface area contributed by atoms with Gasteiger partial charge in [0.1, 0.15) is 11.5 Å². The van der Waals surface area contributed by atoms with Crippen LogP contribution in [0.5, 0.6) is 11.5 Å². The van der Waals surface area contributed by atoms with Gasteiger partial charge in [-0.15, -0.1) is 0 Å². The van der Waals surface area contributed by atoms with E-state index in [1.54, 1.807) is 44.6 Å². The second kappa shape index (κ2) is 13.7. The molecule has 40 heavy (non-hydrogen) atoms. The van der Waals surface area contributed by atoms with Gasteiger partial charge in [0.15, 0.2) is 0 Å². The van der Waals surface area contributed by atoms with Crippen LogP contribution in [0.4, 0.5) is 17.1 Å². The van der Waals surface area contributed by atoms with Crippen molar-refractivity contribution in [3.8, 4) is 11.5 Å². The number of anilines is 3. The molecular weight excluding hydrogens is 506 g/mol. The highest BCUT2D eigenvalue weighted by Crippen LogP contribution is 2.31. The molecule has 0 aromatic heterocycles. The van der Waals surface area contributed by atoms with E-state index in [9.17, 15) is 9.59 Å². The quantitative estimate of drug-likeness (QED) is 0.353. The lowest BCUT2D eigenvalue weighted by Gasteiger charge is -2.38. The third-order valence-electron chi connectivity index (χ3n) is 6.97. The number of hydrogen-bond acceptors (Lipinski definition) is 7. The molecule has 2 N–H and O–H groups in total. The number of hydrogen-bond donors (Lipinski definition) is 2. The summed E-state index contributed by atoms with van der Waals surface area (Å²) in [5.74, 6) is 1.13. The van der Waals surface area contributed by atoms with Crippen LogP contribution in [0.2, 0.25) is 0 Å². The molecule has 1 aliphatic rings. The number of rotatable bonds is 11. The maximum absolute atomic E-state index is 13.4. The van der Waals surface area contributed by atoms with E-state index in [1.165, 1.54) is 0 Å². The molecule has 0 atom stereocenters. The van der Waals surface area contributed by atoms with Gasteiger partial charge in [0.05, 0.1) is 25.5 Å². The van der Waals surface area contributed by atoms with E-state index in [0.29, 0.717) is 29.1 Å². The first-order valence-corrected chi connectivity index (χ1v) is 13.5. The Kier molecular flexibility index (Phi) is 9.86. The Bertz CT molecular complexity index is 1290. The normalized spacial score (nSPS) is 13.2. The van der Waals surface area contributed by atoms with Gasteiger partial charge in [0.2, 0.25) is 0 Å². The van der Waals surface area contributed by atoms with Gasteiger partial charge in [-0.1, -0.05) is 12.1 Å². The second-order valence-electron chi connectivity index (χ2n) is 9.97. The fourth-order valence-corrected chi connectivity index (χ4v) is 4.79. The van der Waals surface area contributed by atoms with Crippen LogP contribution in [0.15, 0.2) is 66.7 Å². The molecule has 3 aromatic rings. The number of amides is 2.